The third-order valence-corrected chi connectivity index (χ3v) is 6.59. The van der Waals surface area contributed by atoms with Crippen LogP contribution in [0.3, 0.4) is 0 Å². The van der Waals surface area contributed by atoms with Gasteiger partial charge in [-0.15, -0.1) is 0 Å². The first-order chi connectivity index (χ1) is 16.7. The highest BCUT2D eigenvalue weighted by Crippen LogP contribution is 2.39. The monoisotopic (exact) mass is 452 g/mol. The van der Waals surface area contributed by atoms with Gasteiger partial charge in [-0.1, -0.05) is 72.8 Å². The Morgan fingerprint density at radius 1 is 0.971 bits per heavy atom. The lowest BCUT2D eigenvalue weighted by Gasteiger charge is -2.27. The molecule has 5 nitrogen and oxygen atoms in total. The lowest BCUT2D eigenvalue weighted by atomic mass is 9.80. The molecule has 0 spiro atoms. The molecule has 1 unspecified atom stereocenters. The van der Waals surface area contributed by atoms with Crippen molar-refractivity contribution in [1.29, 1.82) is 0 Å². The summed E-state index contributed by atoms with van der Waals surface area (Å²) in [5.74, 6) is 0.166. The van der Waals surface area contributed by atoms with E-state index in [9.17, 15) is 4.79 Å². The van der Waals surface area contributed by atoms with Gasteiger partial charge in [-0.3, -0.25) is 0 Å². The normalized spacial score (nSPS) is 15.0. The number of carboxylic acid groups (broad SMARTS) is 1. The Labute approximate surface area is 199 Å². The largest absolute Gasteiger partial charge is 0.482 e. The third kappa shape index (κ3) is 4.60. The van der Waals surface area contributed by atoms with Crippen molar-refractivity contribution in [2.24, 2.45) is 0 Å². The van der Waals surface area contributed by atoms with Crippen LogP contribution >= 0.6 is 0 Å². The summed E-state index contributed by atoms with van der Waals surface area (Å²) in [6.45, 7) is 0.549. The van der Waals surface area contributed by atoms with Gasteiger partial charge in [-0.2, -0.15) is 0 Å². The van der Waals surface area contributed by atoms with Gasteiger partial charge in [0.1, 0.15) is 5.75 Å². The molecule has 1 N–H and O–H groups in total. The molecule has 0 radical (unpaired) electrons. The topological polar surface area (TPSA) is 64.3 Å². The van der Waals surface area contributed by atoms with Gasteiger partial charge >= 0.3 is 5.97 Å². The maximum atomic E-state index is 11.0. The van der Waals surface area contributed by atoms with Crippen molar-refractivity contribution >= 4 is 5.97 Å². The number of aryl methyl sites for hydroxylation is 1. The van der Waals surface area contributed by atoms with E-state index >= 15 is 0 Å². The fraction of sp³-hybridized carbons (Fsp3) is 0.241. The smallest absolute Gasteiger partial charge is 0.341 e. The third-order valence-electron chi connectivity index (χ3n) is 6.59. The number of rotatable bonds is 8. The first kappa shape index (κ1) is 22.0. The number of nitrogens with zero attached hydrogens (tertiary/aromatic N) is 2. The molecule has 0 aliphatic heterocycles. The fourth-order valence-corrected chi connectivity index (χ4v) is 5.04. The molecule has 4 aromatic rings. The number of aromatic nitrogens is 2. The van der Waals surface area contributed by atoms with Gasteiger partial charge < -0.3 is 14.4 Å². The second-order valence-electron chi connectivity index (χ2n) is 8.75. The molecule has 3 aromatic carbocycles. The highest BCUT2D eigenvalue weighted by atomic mass is 16.5. The zero-order chi connectivity index (χ0) is 23.3. The van der Waals surface area contributed by atoms with E-state index in [1.165, 1.54) is 11.1 Å². The van der Waals surface area contributed by atoms with Gasteiger partial charge in [0, 0.05) is 17.7 Å². The average Bonchev–Trinajstić information content (AvgIpc) is 3.31. The molecule has 0 fully saturated rings. The molecule has 172 valence electrons. The number of hydrogen-bond donors (Lipinski definition) is 1. The minimum Gasteiger partial charge on any atom is -0.482 e. The van der Waals surface area contributed by atoms with Crippen LogP contribution in [0.25, 0.3) is 22.5 Å². The number of ether oxygens (including phenoxy) is 1. The molecular weight excluding hydrogens is 424 g/mol. The maximum Gasteiger partial charge on any atom is 0.341 e. The van der Waals surface area contributed by atoms with Crippen molar-refractivity contribution in [3.05, 3.63) is 96.3 Å². The predicted molar refractivity (Wildman–Crippen MR) is 133 cm³/mol. The number of hydrogen-bond acceptors (Lipinski definition) is 3. The summed E-state index contributed by atoms with van der Waals surface area (Å²) < 4.78 is 7.87. The number of fused-ring (bicyclic) bond motifs is 1. The molecule has 0 bridgehead atoms. The molecule has 34 heavy (non-hydrogen) atoms. The van der Waals surface area contributed by atoms with Crippen molar-refractivity contribution in [2.45, 2.75) is 38.1 Å². The number of imidazole rings is 1. The Morgan fingerprint density at radius 2 is 1.71 bits per heavy atom. The van der Waals surface area contributed by atoms with Crippen molar-refractivity contribution in [3.63, 3.8) is 0 Å². The van der Waals surface area contributed by atoms with E-state index in [0.29, 0.717) is 11.7 Å². The van der Waals surface area contributed by atoms with Crippen molar-refractivity contribution < 1.29 is 14.6 Å². The van der Waals surface area contributed by atoms with Crippen LogP contribution in [0.15, 0.2) is 85.2 Å². The Morgan fingerprint density at radius 3 is 2.44 bits per heavy atom. The van der Waals surface area contributed by atoms with Crippen molar-refractivity contribution in [1.82, 2.24) is 9.55 Å². The summed E-state index contributed by atoms with van der Waals surface area (Å²) in [5, 5.41) is 9.01. The Balaban J connectivity index is 1.42. The van der Waals surface area contributed by atoms with Crippen LogP contribution in [0.2, 0.25) is 0 Å². The van der Waals surface area contributed by atoms with Crippen LogP contribution in [0.4, 0.5) is 0 Å². The second-order valence-corrected chi connectivity index (χ2v) is 8.75. The average molecular weight is 453 g/mol. The van der Waals surface area contributed by atoms with Crippen LogP contribution in [-0.4, -0.2) is 27.2 Å². The molecule has 1 aliphatic carbocycles. The summed E-state index contributed by atoms with van der Waals surface area (Å²) >= 11 is 0. The quantitative estimate of drug-likeness (QED) is 0.346. The van der Waals surface area contributed by atoms with Gasteiger partial charge in [-0.05, 0) is 48.8 Å². The van der Waals surface area contributed by atoms with E-state index in [-0.39, 0.29) is 6.61 Å². The molecule has 1 heterocycles. The Hall–Kier alpha value is -3.86. The molecule has 1 aliphatic rings. The Bertz CT molecular complexity index is 1270. The Kier molecular flexibility index (Phi) is 6.43. The van der Waals surface area contributed by atoms with Crippen LogP contribution in [0.5, 0.6) is 5.75 Å². The first-order valence-electron chi connectivity index (χ1n) is 11.8. The summed E-state index contributed by atoms with van der Waals surface area (Å²) in [6, 6.07) is 26.8. The lowest BCUT2D eigenvalue weighted by molar-refractivity contribution is -0.139. The fourth-order valence-electron chi connectivity index (χ4n) is 5.04. The van der Waals surface area contributed by atoms with Crippen molar-refractivity contribution in [2.75, 3.05) is 6.61 Å². The molecule has 5 heteroatoms. The number of carbonyl (C=O) groups is 1. The molecule has 5 rings (SSSR count). The first-order valence-corrected chi connectivity index (χ1v) is 11.8. The highest BCUT2D eigenvalue weighted by molar-refractivity contribution is 5.78. The SMILES string of the molecule is O=C(O)COc1cccc2c1CCCC2CCn1cnc(-c2ccccc2)c1-c1ccccc1. The number of carboxylic acids is 1. The van der Waals surface area contributed by atoms with Crippen LogP contribution < -0.4 is 4.74 Å². The lowest BCUT2D eigenvalue weighted by Crippen LogP contribution is -2.16. The van der Waals surface area contributed by atoms with Crippen LogP contribution in [0, 0.1) is 0 Å². The van der Waals surface area contributed by atoms with Gasteiger partial charge in [0.05, 0.1) is 17.7 Å². The van der Waals surface area contributed by atoms with Crippen LogP contribution in [0.1, 0.15) is 36.3 Å². The molecule has 0 saturated carbocycles. The molecular formula is C29H28N2O3. The minimum absolute atomic E-state index is 0.307. The standard InChI is InChI=1S/C29H28N2O3/c32-27(33)19-34-26-16-8-14-24-21(13-7-15-25(24)26)17-18-31-20-30-28(22-9-3-1-4-10-22)29(31)23-11-5-2-6-12-23/h1-6,8-12,14,16,20-21H,7,13,15,17-19H2,(H,32,33). The molecule has 0 saturated heterocycles. The summed E-state index contributed by atoms with van der Waals surface area (Å²) in [5.41, 5.74) is 6.87. The van der Waals surface area contributed by atoms with E-state index in [2.05, 4.69) is 47.0 Å². The molecule has 1 aromatic heterocycles. The van der Waals surface area contributed by atoms with Crippen molar-refractivity contribution in [3.8, 4) is 28.3 Å². The van der Waals surface area contributed by atoms with Gasteiger partial charge in [0.25, 0.3) is 0 Å². The predicted octanol–water partition coefficient (Wildman–Crippen LogP) is 6.19. The number of aliphatic carboxylic acids is 1. The van der Waals surface area contributed by atoms with Crippen LogP contribution in [-0.2, 0) is 17.8 Å². The van der Waals surface area contributed by atoms with Gasteiger partial charge in [0.15, 0.2) is 6.61 Å². The van der Waals surface area contributed by atoms with E-state index in [1.807, 2.05) is 42.7 Å². The zero-order valence-electron chi connectivity index (χ0n) is 19.1. The zero-order valence-corrected chi connectivity index (χ0v) is 19.1. The summed E-state index contributed by atoms with van der Waals surface area (Å²) in [6.07, 6.45) is 6.08. The molecule has 1 atom stereocenters. The number of benzene rings is 3. The second kappa shape index (κ2) is 9.96. The van der Waals surface area contributed by atoms with Gasteiger partial charge in [-0.25, -0.2) is 9.78 Å². The highest BCUT2D eigenvalue weighted by Gasteiger charge is 2.24. The summed E-state index contributed by atoms with van der Waals surface area (Å²) in [7, 11) is 0. The van der Waals surface area contributed by atoms with E-state index in [1.54, 1.807) is 0 Å². The maximum absolute atomic E-state index is 11.0. The molecule has 0 amide bonds. The summed E-state index contributed by atoms with van der Waals surface area (Å²) in [4.78, 5) is 15.8. The van der Waals surface area contributed by atoms with E-state index < -0.39 is 5.97 Å². The minimum atomic E-state index is -0.951. The van der Waals surface area contributed by atoms with Gasteiger partial charge in [0.2, 0.25) is 0 Å². The van der Waals surface area contributed by atoms with E-state index in [0.717, 1.165) is 54.7 Å². The van der Waals surface area contributed by atoms with E-state index in [4.69, 9.17) is 14.8 Å².